The smallest absolute Gasteiger partial charge is 0.245 e. The number of aliphatic hydroxyl groups excluding tert-OH is 1. The lowest BCUT2D eigenvalue weighted by atomic mass is 10.0. The molecule has 0 aliphatic carbocycles. The summed E-state index contributed by atoms with van der Waals surface area (Å²) in [5.74, 6) is -3.87. The molecule has 2 aromatic heterocycles. The Morgan fingerprint density at radius 1 is 0.744 bits per heavy atom. The van der Waals surface area contributed by atoms with E-state index in [1.807, 2.05) is 48.5 Å². The molecule has 0 spiro atoms. The molecule has 5 aromatic rings. The third-order valence-electron chi connectivity index (χ3n) is 12.8. The second kappa shape index (κ2) is 31.3. The van der Waals surface area contributed by atoms with Gasteiger partial charge in [-0.3, -0.25) is 38.4 Å². The quantitative estimate of drug-likeness (QED) is 0.0370. The van der Waals surface area contributed by atoms with Crippen molar-refractivity contribution in [1.82, 2.24) is 52.5 Å². The number of nitrogens with one attached hydrogen (secondary N) is 10. The van der Waals surface area contributed by atoms with Crippen LogP contribution in [0.3, 0.4) is 0 Å². The molecule has 78 heavy (non-hydrogen) atoms. The van der Waals surface area contributed by atoms with Gasteiger partial charge in [0.15, 0.2) is 0 Å². The number of unbranched alkanes of at least 4 members (excludes halogenated alkanes) is 1. The Labute approximate surface area is 468 Å². The summed E-state index contributed by atoms with van der Waals surface area (Å²) < 4.78 is 0. The lowest BCUT2D eigenvalue weighted by molar-refractivity contribution is -0.136. The molecule has 3 aromatic carbocycles. The van der Waals surface area contributed by atoms with Gasteiger partial charge < -0.3 is 68.4 Å². The molecule has 8 amide bonds. The molecule has 0 radical (unpaired) electrons. The van der Waals surface area contributed by atoms with E-state index < -0.39 is 83.7 Å². The number of amides is 8. The predicted molar refractivity (Wildman–Crippen MR) is 308 cm³/mol. The van der Waals surface area contributed by atoms with Crippen LogP contribution >= 0.6 is 43.2 Å². The van der Waals surface area contributed by atoms with Gasteiger partial charge in [0.2, 0.25) is 47.3 Å². The van der Waals surface area contributed by atoms with Crippen molar-refractivity contribution in [2.24, 2.45) is 5.73 Å². The van der Waals surface area contributed by atoms with E-state index in [1.165, 1.54) is 51.4 Å². The molecule has 14 N–H and O–H groups in total. The molecular weight excluding hydrogens is 1080 g/mol. The number of H-pyrrole nitrogens is 2. The third kappa shape index (κ3) is 18.6. The van der Waals surface area contributed by atoms with Crippen LogP contribution in [0.1, 0.15) is 55.7 Å². The van der Waals surface area contributed by atoms with Gasteiger partial charge in [-0.1, -0.05) is 91.7 Å². The molecule has 420 valence electrons. The van der Waals surface area contributed by atoms with Crippen molar-refractivity contribution in [2.45, 2.75) is 101 Å². The van der Waals surface area contributed by atoms with Crippen LogP contribution in [0.15, 0.2) is 85.2 Å². The van der Waals surface area contributed by atoms with Gasteiger partial charge in [0.25, 0.3) is 0 Å². The molecule has 0 unspecified atom stereocenters. The van der Waals surface area contributed by atoms with Crippen LogP contribution in [0, 0.1) is 0 Å². The van der Waals surface area contributed by atoms with Gasteiger partial charge in [0.05, 0.1) is 6.10 Å². The summed E-state index contributed by atoms with van der Waals surface area (Å²) in [5, 5.41) is 44.8. The number of phenolic OH excluding ortho intramolecular Hbond substituents is 1. The molecule has 1 fully saturated rings. The van der Waals surface area contributed by atoms with Crippen molar-refractivity contribution in [3.05, 3.63) is 102 Å². The molecule has 0 bridgehead atoms. The number of aromatic amines is 2. The Balaban J connectivity index is 1.28. The fraction of sp³-hybridized carbons (Fsp3) is 0.434. The van der Waals surface area contributed by atoms with Gasteiger partial charge in [-0.25, -0.2) is 0 Å². The number of aromatic hydroxyl groups is 1. The maximum Gasteiger partial charge on any atom is 0.245 e. The Hall–Kier alpha value is -6.38. The Morgan fingerprint density at radius 3 is 2.05 bits per heavy atom. The number of aliphatic hydroxyl groups is 1. The summed E-state index contributed by atoms with van der Waals surface area (Å²) in [7, 11) is 6.91. The van der Waals surface area contributed by atoms with E-state index in [-0.39, 0.29) is 68.4 Å². The van der Waals surface area contributed by atoms with Gasteiger partial charge in [0.1, 0.15) is 42.0 Å². The molecule has 1 saturated heterocycles. The van der Waals surface area contributed by atoms with Crippen LogP contribution in [-0.2, 0) is 57.6 Å². The number of carbonyl (C=O) groups is 8. The van der Waals surface area contributed by atoms with Crippen molar-refractivity contribution in [1.29, 1.82) is 0 Å². The van der Waals surface area contributed by atoms with Crippen LogP contribution in [0.25, 0.3) is 21.8 Å². The first-order valence-electron chi connectivity index (χ1n) is 25.7. The van der Waals surface area contributed by atoms with E-state index in [9.17, 15) is 48.6 Å². The zero-order valence-corrected chi connectivity index (χ0v) is 46.7. The molecule has 1 aliphatic rings. The molecular formula is C53H69N11O10S4. The first-order valence-corrected chi connectivity index (χ1v) is 30.7. The highest BCUT2D eigenvalue weighted by Crippen LogP contribution is 2.25. The van der Waals surface area contributed by atoms with Crippen molar-refractivity contribution in [2.75, 3.05) is 43.1 Å². The number of fused-ring (bicyclic) bond motifs is 2. The number of hydrogen-bond donors (Lipinski definition) is 13. The largest absolute Gasteiger partial charge is 0.508 e. The molecule has 1 aliphatic heterocycles. The first-order chi connectivity index (χ1) is 37.6. The molecule has 6 rings (SSSR count). The molecule has 0 saturated carbocycles. The zero-order valence-electron chi connectivity index (χ0n) is 43.4. The maximum atomic E-state index is 14.6. The molecule has 3 heterocycles. The number of phenols is 1. The van der Waals surface area contributed by atoms with Crippen LogP contribution in [0.5, 0.6) is 5.75 Å². The third-order valence-corrected chi connectivity index (χ3v) is 17.6. The summed E-state index contributed by atoms with van der Waals surface area (Å²) >= 11 is 0. The van der Waals surface area contributed by atoms with E-state index >= 15 is 0 Å². The van der Waals surface area contributed by atoms with Gasteiger partial charge in [-0.2, -0.15) is 0 Å². The van der Waals surface area contributed by atoms with Gasteiger partial charge in [-0.15, -0.1) is 0 Å². The molecule has 21 nitrogen and oxygen atoms in total. The van der Waals surface area contributed by atoms with E-state index in [1.54, 1.807) is 31.6 Å². The minimum Gasteiger partial charge on any atom is -0.508 e. The van der Waals surface area contributed by atoms with Crippen molar-refractivity contribution in [3.63, 3.8) is 0 Å². The minimum absolute atomic E-state index is 0.00121. The average Bonchev–Trinajstić information content (AvgIpc) is 4.05. The highest BCUT2D eigenvalue weighted by atomic mass is 33.1. The van der Waals surface area contributed by atoms with Gasteiger partial charge in [0, 0.05) is 103 Å². The summed E-state index contributed by atoms with van der Waals surface area (Å²) in [6, 6.07) is 13.1. The second-order valence-corrected chi connectivity index (χ2v) is 23.9. The normalized spacial score (nSPS) is 20.1. The maximum absolute atomic E-state index is 14.6. The summed E-state index contributed by atoms with van der Waals surface area (Å²) in [6.45, 7) is 1.81. The standard InChI is InChI=1S/C53H69N11O10S4/c1-31(65)47-53(74)63-44(52(73)61-42(26-33-28-57-38-11-5-3-9-36(33)38)48(69)56-21-24-77-75-22-18-45(67)55-2)30-78-76-23-19-46(68)59-41(25-32-14-16-35(66)17-15-32)50(71)62-43(27-34-29-58-39-12-6-4-10-37(34)39)51(72)60-40(49(70)64-47)13-7-8-20-54/h3-6,9-12,14-17,28-29,31,40-44,47,57-58,65-66H,7-8,13,18-27,30,54H2,1-2H3,(H,55,67)(H,56,69)(H,59,68)(H,60,72)(H,61,73)(H,62,71)(H,63,74)(H,64,70)/t31-,40+,41+,42+,43-,44+,47+/m1/s1. The molecule has 7 atom stereocenters. The topological polar surface area (TPSA) is 331 Å². The van der Waals surface area contributed by atoms with E-state index in [0.29, 0.717) is 41.9 Å². The number of carbonyl (C=O) groups excluding carboxylic acids is 8. The van der Waals surface area contributed by atoms with Crippen LogP contribution < -0.4 is 48.3 Å². The number of rotatable bonds is 21. The van der Waals surface area contributed by atoms with Gasteiger partial charge in [-0.05, 0) is 73.7 Å². The van der Waals surface area contributed by atoms with Crippen molar-refractivity contribution < 1.29 is 48.6 Å². The van der Waals surface area contributed by atoms with E-state index in [0.717, 1.165) is 38.2 Å². The lowest BCUT2D eigenvalue weighted by Gasteiger charge is -2.29. The summed E-state index contributed by atoms with van der Waals surface area (Å²) in [4.78, 5) is 118. The van der Waals surface area contributed by atoms with Crippen LogP contribution in [0.4, 0.5) is 0 Å². The minimum atomic E-state index is -1.65. The first kappa shape index (κ1) is 60.8. The van der Waals surface area contributed by atoms with E-state index in [4.69, 9.17) is 5.73 Å². The molecule has 25 heteroatoms. The van der Waals surface area contributed by atoms with Crippen molar-refractivity contribution >= 4 is 112 Å². The fourth-order valence-corrected chi connectivity index (χ4v) is 12.6. The summed E-state index contributed by atoms with van der Waals surface area (Å²) in [5.41, 5.74) is 9.45. The number of aromatic nitrogens is 2. The van der Waals surface area contributed by atoms with Crippen LogP contribution in [0.2, 0.25) is 0 Å². The predicted octanol–water partition coefficient (Wildman–Crippen LogP) is 2.22. The number of benzene rings is 3. The van der Waals surface area contributed by atoms with Gasteiger partial charge >= 0.3 is 0 Å². The SMILES string of the molecule is CNC(=O)CCSSCCNC(=O)[C@H](Cc1c[nH]c2ccccc12)NC(=O)[C@@H]1CSSCCC(=O)N[C@@H](Cc2ccc(O)cc2)C(=O)N[C@H](Cc2c[nH]c3ccccc23)C(=O)N[C@@H](CCCCN)C(=O)N[C@@H]([C@@H](C)O)C(=O)N1. The lowest BCUT2D eigenvalue weighted by Crippen LogP contribution is -2.62. The fourth-order valence-electron chi connectivity index (χ4n) is 8.51. The average molecular weight is 1150 g/mol. The number of nitrogens with two attached hydrogens (primary N) is 1. The monoisotopic (exact) mass is 1150 g/mol. The number of para-hydroxylation sites is 2. The second-order valence-electron chi connectivity index (χ2n) is 18.6. The number of hydrogen-bond acceptors (Lipinski definition) is 15. The highest BCUT2D eigenvalue weighted by Gasteiger charge is 2.36. The highest BCUT2D eigenvalue weighted by molar-refractivity contribution is 8.77. The summed E-state index contributed by atoms with van der Waals surface area (Å²) in [6.07, 6.45) is 3.10. The van der Waals surface area contributed by atoms with E-state index in [2.05, 4.69) is 52.5 Å². The van der Waals surface area contributed by atoms with Crippen molar-refractivity contribution in [3.8, 4) is 5.75 Å². The zero-order chi connectivity index (χ0) is 56.0. The van der Waals surface area contributed by atoms with Crippen LogP contribution in [-0.4, -0.2) is 153 Å². The Kier molecular flexibility index (Phi) is 24.4. The Bertz CT molecular complexity index is 2830. The Morgan fingerprint density at radius 2 is 1.37 bits per heavy atom.